The van der Waals surface area contributed by atoms with E-state index >= 15 is 0 Å². The Kier molecular flexibility index (Phi) is 1.84. The van der Waals surface area contributed by atoms with Crippen LogP contribution in [0.4, 0.5) is 8.78 Å². The molecule has 2 nitrogen and oxygen atoms in total. The van der Waals surface area contributed by atoms with Gasteiger partial charge in [0.2, 0.25) is 5.92 Å². The fourth-order valence-electron chi connectivity index (χ4n) is 2.48. The van der Waals surface area contributed by atoms with Gasteiger partial charge in [0.25, 0.3) is 0 Å². The summed E-state index contributed by atoms with van der Waals surface area (Å²) in [5.41, 5.74) is 0. The summed E-state index contributed by atoms with van der Waals surface area (Å²) in [6.07, 6.45) is -0.0446. The van der Waals surface area contributed by atoms with Gasteiger partial charge in [-0.05, 0) is 18.4 Å². The zero-order valence-corrected chi connectivity index (χ0v) is 6.76. The summed E-state index contributed by atoms with van der Waals surface area (Å²) in [4.78, 5) is 0. The molecule has 0 amide bonds. The SMILES string of the molecule is OC[C@H]1NC[C@@H]2CC(F)(F)C[C@@H]21. The first-order chi connectivity index (χ1) is 5.62. The van der Waals surface area contributed by atoms with E-state index in [1.807, 2.05) is 0 Å². The van der Waals surface area contributed by atoms with Crippen molar-refractivity contribution in [1.29, 1.82) is 0 Å². The Bertz CT molecular complexity index is 186. The maximum absolute atomic E-state index is 12.9. The van der Waals surface area contributed by atoms with Crippen molar-refractivity contribution >= 4 is 0 Å². The first-order valence-electron chi connectivity index (χ1n) is 4.34. The molecule has 2 N–H and O–H groups in total. The summed E-state index contributed by atoms with van der Waals surface area (Å²) in [6.45, 7) is 0.628. The number of fused-ring (bicyclic) bond motifs is 1. The summed E-state index contributed by atoms with van der Waals surface area (Å²) in [6, 6.07) is -0.0941. The van der Waals surface area contributed by atoms with Crippen molar-refractivity contribution in [2.24, 2.45) is 11.8 Å². The third-order valence-electron chi connectivity index (χ3n) is 3.06. The fourth-order valence-corrected chi connectivity index (χ4v) is 2.48. The molecule has 3 atom stereocenters. The molecular formula is C8H13F2NO. The predicted molar refractivity (Wildman–Crippen MR) is 40.0 cm³/mol. The van der Waals surface area contributed by atoms with Crippen molar-refractivity contribution in [3.8, 4) is 0 Å². The zero-order valence-electron chi connectivity index (χ0n) is 6.76. The van der Waals surface area contributed by atoms with Gasteiger partial charge in [-0.15, -0.1) is 0 Å². The molecular weight excluding hydrogens is 164 g/mol. The van der Waals surface area contributed by atoms with Gasteiger partial charge in [-0.1, -0.05) is 0 Å². The maximum Gasteiger partial charge on any atom is 0.248 e. The van der Waals surface area contributed by atoms with Crippen molar-refractivity contribution in [1.82, 2.24) is 5.32 Å². The molecule has 2 rings (SSSR count). The van der Waals surface area contributed by atoms with E-state index < -0.39 is 5.92 Å². The van der Waals surface area contributed by atoms with Crippen LogP contribution >= 0.6 is 0 Å². The number of alkyl halides is 2. The van der Waals surface area contributed by atoms with E-state index in [4.69, 9.17) is 5.11 Å². The van der Waals surface area contributed by atoms with Crippen molar-refractivity contribution in [3.05, 3.63) is 0 Å². The van der Waals surface area contributed by atoms with E-state index in [0.717, 1.165) is 0 Å². The van der Waals surface area contributed by atoms with Gasteiger partial charge in [-0.3, -0.25) is 0 Å². The van der Waals surface area contributed by atoms with Crippen molar-refractivity contribution in [2.45, 2.75) is 24.8 Å². The van der Waals surface area contributed by atoms with Crippen LogP contribution in [0.1, 0.15) is 12.8 Å². The molecule has 70 valence electrons. The van der Waals surface area contributed by atoms with Crippen LogP contribution in [-0.2, 0) is 0 Å². The number of hydrogen-bond donors (Lipinski definition) is 2. The quantitative estimate of drug-likeness (QED) is 0.615. The molecule has 0 radical (unpaired) electrons. The molecule has 2 fully saturated rings. The van der Waals surface area contributed by atoms with E-state index in [-0.39, 0.29) is 37.3 Å². The van der Waals surface area contributed by atoms with Crippen LogP contribution in [0.25, 0.3) is 0 Å². The lowest BCUT2D eigenvalue weighted by atomic mass is 9.95. The van der Waals surface area contributed by atoms with Crippen molar-refractivity contribution in [3.63, 3.8) is 0 Å². The minimum atomic E-state index is -2.48. The first-order valence-corrected chi connectivity index (χ1v) is 4.34. The highest BCUT2D eigenvalue weighted by Crippen LogP contribution is 2.46. The summed E-state index contributed by atoms with van der Waals surface area (Å²) < 4.78 is 25.7. The van der Waals surface area contributed by atoms with Crippen LogP contribution in [0.3, 0.4) is 0 Å². The summed E-state index contributed by atoms with van der Waals surface area (Å²) in [5, 5.41) is 11.9. The summed E-state index contributed by atoms with van der Waals surface area (Å²) >= 11 is 0. The standard InChI is InChI=1S/C8H13F2NO/c9-8(10)1-5-3-11-7(4-12)6(5)2-8/h5-7,11-12H,1-4H2/t5-,6-,7+/m0/s1. The number of nitrogens with one attached hydrogen (secondary N) is 1. The molecule has 1 aliphatic heterocycles. The van der Waals surface area contributed by atoms with Gasteiger partial charge in [0.1, 0.15) is 0 Å². The van der Waals surface area contributed by atoms with Crippen LogP contribution in [0, 0.1) is 11.8 Å². The van der Waals surface area contributed by atoms with E-state index in [1.54, 1.807) is 0 Å². The number of halogens is 2. The molecule has 0 aromatic rings. The Morgan fingerprint density at radius 3 is 2.83 bits per heavy atom. The average Bonchev–Trinajstić information content (AvgIpc) is 2.42. The number of aliphatic hydroxyl groups is 1. The summed E-state index contributed by atoms with van der Waals surface area (Å²) in [5.74, 6) is -2.41. The molecule has 0 aromatic carbocycles. The van der Waals surface area contributed by atoms with Crippen LogP contribution in [0.15, 0.2) is 0 Å². The second kappa shape index (κ2) is 2.64. The highest BCUT2D eigenvalue weighted by molar-refractivity contribution is 4.99. The second-order valence-electron chi connectivity index (χ2n) is 3.89. The molecule has 1 heterocycles. The Labute approximate surface area is 70.0 Å². The predicted octanol–water partition coefficient (Wildman–Crippen LogP) is 0.612. The fraction of sp³-hybridized carbons (Fsp3) is 1.00. The molecule has 1 saturated carbocycles. The Balaban J connectivity index is 2.06. The van der Waals surface area contributed by atoms with E-state index in [1.165, 1.54) is 0 Å². The number of aliphatic hydroxyl groups excluding tert-OH is 1. The minimum Gasteiger partial charge on any atom is -0.395 e. The van der Waals surface area contributed by atoms with E-state index in [9.17, 15) is 8.78 Å². The number of hydrogen-bond acceptors (Lipinski definition) is 2. The maximum atomic E-state index is 12.9. The molecule has 0 unspecified atom stereocenters. The van der Waals surface area contributed by atoms with Crippen LogP contribution < -0.4 is 5.32 Å². The Hall–Kier alpha value is -0.220. The van der Waals surface area contributed by atoms with E-state index in [2.05, 4.69) is 5.32 Å². The van der Waals surface area contributed by atoms with Gasteiger partial charge in [-0.2, -0.15) is 0 Å². The monoisotopic (exact) mass is 177 g/mol. The first kappa shape index (κ1) is 8.38. The molecule has 0 bridgehead atoms. The highest BCUT2D eigenvalue weighted by atomic mass is 19.3. The lowest BCUT2D eigenvalue weighted by Crippen LogP contribution is -2.32. The smallest absolute Gasteiger partial charge is 0.248 e. The zero-order chi connectivity index (χ0) is 8.77. The highest BCUT2D eigenvalue weighted by Gasteiger charge is 2.51. The molecule has 1 saturated heterocycles. The largest absolute Gasteiger partial charge is 0.395 e. The van der Waals surface area contributed by atoms with Gasteiger partial charge < -0.3 is 10.4 Å². The van der Waals surface area contributed by atoms with Crippen LogP contribution in [0.2, 0.25) is 0 Å². The van der Waals surface area contributed by atoms with Gasteiger partial charge in [0.05, 0.1) is 6.61 Å². The Morgan fingerprint density at radius 2 is 2.17 bits per heavy atom. The normalized spacial score (nSPS) is 44.8. The van der Waals surface area contributed by atoms with Gasteiger partial charge >= 0.3 is 0 Å². The van der Waals surface area contributed by atoms with Crippen molar-refractivity contribution in [2.75, 3.05) is 13.2 Å². The third kappa shape index (κ3) is 1.23. The molecule has 2 aliphatic rings. The van der Waals surface area contributed by atoms with Gasteiger partial charge in [-0.25, -0.2) is 8.78 Å². The lowest BCUT2D eigenvalue weighted by molar-refractivity contribution is -0.00159. The van der Waals surface area contributed by atoms with Crippen LogP contribution in [0.5, 0.6) is 0 Å². The summed E-state index contributed by atoms with van der Waals surface area (Å²) in [7, 11) is 0. The van der Waals surface area contributed by atoms with Crippen LogP contribution in [-0.4, -0.2) is 30.2 Å². The second-order valence-corrected chi connectivity index (χ2v) is 3.89. The third-order valence-corrected chi connectivity index (χ3v) is 3.06. The number of rotatable bonds is 1. The molecule has 1 aliphatic carbocycles. The minimum absolute atomic E-state index is 0.00116. The molecule has 0 spiro atoms. The Morgan fingerprint density at radius 1 is 1.42 bits per heavy atom. The van der Waals surface area contributed by atoms with E-state index in [0.29, 0.717) is 6.54 Å². The van der Waals surface area contributed by atoms with Gasteiger partial charge in [0.15, 0.2) is 0 Å². The molecule has 12 heavy (non-hydrogen) atoms. The van der Waals surface area contributed by atoms with Crippen molar-refractivity contribution < 1.29 is 13.9 Å². The van der Waals surface area contributed by atoms with Gasteiger partial charge in [0, 0.05) is 18.9 Å². The topological polar surface area (TPSA) is 32.3 Å². The molecule has 0 aromatic heterocycles. The average molecular weight is 177 g/mol. The lowest BCUT2D eigenvalue weighted by Gasteiger charge is -2.15. The molecule has 4 heteroatoms.